The van der Waals surface area contributed by atoms with E-state index in [0.717, 1.165) is 60.6 Å². The molecule has 2 aliphatic rings. The number of anilines is 1. The molecule has 1 unspecified atom stereocenters. The van der Waals surface area contributed by atoms with E-state index in [-0.39, 0.29) is 17.4 Å². The van der Waals surface area contributed by atoms with Crippen LogP contribution in [0.2, 0.25) is 0 Å². The summed E-state index contributed by atoms with van der Waals surface area (Å²) < 4.78 is 41.0. The molecular formula is C25H23F3N4. The summed E-state index contributed by atoms with van der Waals surface area (Å²) in [6.07, 6.45) is -0.115. The van der Waals surface area contributed by atoms with Gasteiger partial charge in [-0.05, 0) is 43.7 Å². The van der Waals surface area contributed by atoms with E-state index in [2.05, 4.69) is 28.3 Å². The third kappa shape index (κ3) is 3.66. The van der Waals surface area contributed by atoms with Crippen molar-refractivity contribution in [2.75, 3.05) is 5.32 Å². The number of hydrogen-bond acceptors (Lipinski definition) is 4. The molecule has 0 saturated heterocycles. The summed E-state index contributed by atoms with van der Waals surface area (Å²) in [6.45, 7) is 2.09. The highest BCUT2D eigenvalue weighted by Gasteiger charge is 2.34. The number of benzene rings is 2. The van der Waals surface area contributed by atoms with Crippen molar-refractivity contribution in [2.24, 2.45) is 4.99 Å². The van der Waals surface area contributed by atoms with Crippen molar-refractivity contribution in [3.8, 4) is 11.4 Å². The number of amidine groups is 1. The Morgan fingerprint density at radius 3 is 2.44 bits per heavy atom. The normalized spacial score (nSPS) is 17.5. The van der Waals surface area contributed by atoms with Gasteiger partial charge in [0.05, 0.1) is 11.6 Å². The largest absolute Gasteiger partial charge is 0.417 e. The number of rotatable bonds is 3. The molecule has 1 atom stereocenters. The third-order valence-corrected chi connectivity index (χ3v) is 6.14. The summed E-state index contributed by atoms with van der Waals surface area (Å²) in [7, 11) is 0. The van der Waals surface area contributed by atoms with Gasteiger partial charge in [-0.2, -0.15) is 13.2 Å². The predicted molar refractivity (Wildman–Crippen MR) is 119 cm³/mol. The molecule has 2 heterocycles. The van der Waals surface area contributed by atoms with Gasteiger partial charge in [0.25, 0.3) is 0 Å². The van der Waals surface area contributed by atoms with E-state index in [9.17, 15) is 13.2 Å². The van der Waals surface area contributed by atoms with Crippen LogP contribution in [0.15, 0.2) is 53.5 Å². The van der Waals surface area contributed by atoms with Gasteiger partial charge in [0.15, 0.2) is 5.82 Å². The standard InChI is InChI=1S/C25H23F3N4/c1-2-20-15-9-3-4-10-16(15)22(29-20)31-24-18-12-6-8-14-21(18)30-23(32-24)17-11-5-7-13-19(17)25(26,27)28/h3-5,7,9-11,13,20H,2,6,8,12,14H2,1H3,(H,29,30,31,32). The highest BCUT2D eigenvalue weighted by molar-refractivity contribution is 6.11. The first-order valence-corrected chi connectivity index (χ1v) is 11.0. The SMILES string of the molecule is CCC1N=C(Nc2nc(-c3ccccc3C(F)(F)F)nc3c2CCCC3)c2ccccc21. The Morgan fingerprint density at radius 1 is 0.938 bits per heavy atom. The molecule has 1 aliphatic heterocycles. The first kappa shape index (κ1) is 20.7. The summed E-state index contributed by atoms with van der Waals surface area (Å²) in [5.41, 5.74) is 3.24. The van der Waals surface area contributed by atoms with Gasteiger partial charge in [-0.3, -0.25) is 4.99 Å². The van der Waals surface area contributed by atoms with E-state index in [0.29, 0.717) is 11.7 Å². The molecule has 3 aromatic rings. The van der Waals surface area contributed by atoms with Crippen LogP contribution in [0.25, 0.3) is 11.4 Å². The van der Waals surface area contributed by atoms with Crippen molar-refractivity contribution in [2.45, 2.75) is 51.2 Å². The number of nitrogens with one attached hydrogen (secondary N) is 1. The van der Waals surface area contributed by atoms with Crippen LogP contribution >= 0.6 is 0 Å². The Hall–Kier alpha value is -3.22. The van der Waals surface area contributed by atoms with Crippen LogP contribution in [0.5, 0.6) is 0 Å². The average Bonchev–Trinajstić information content (AvgIpc) is 3.16. The van der Waals surface area contributed by atoms with Crippen molar-refractivity contribution < 1.29 is 13.2 Å². The van der Waals surface area contributed by atoms with Gasteiger partial charge in [-0.15, -0.1) is 0 Å². The summed E-state index contributed by atoms with van der Waals surface area (Å²) in [5, 5.41) is 3.38. The number of fused-ring (bicyclic) bond motifs is 2. The van der Waals surface area contributed by atoms with Gasteiger partial charge in [0, 0.05) is 22.4 Å². The van der Waals surface area contributed by atoms with Gasteiger partial charge < -0.3 is 5.32 Å². The number of halogens is 3. The van der Waals surface area contributed by atoms with Crippen molar-refractivity contribution >= 4 is 11.7 Å². The van der Waals surface area contributed by atoms with E-state index < -0.39 is 11.7 Å². The molecule has 0 saturated carbocycles. The van der Waals surface area contributed by atoms with E-state index in [4.69, 9.17) is 4.99 Å². The minimum atomic E-state index is -4.48. The minimum absolute atomic E-state index is 0.00313. The molecule has 0 fully saturated rings. The van der Waals surface area contributed by atoms with Crippen molar-refractivity contribution in [3.05, 3.63) is 76.5 Å². The average molecular weight is 436 g/mol. The molecule has 1 N–H and O–H groups in total. The summed E-state index contributed by atoms with van der Waals surface area (Å²) in [6, 6.07) is 13.6. The second kappa shape index (κ2) is 8.04. The predicted octanol–water partition coefficient (Wildman–Crippen LogP) is 6.36. The Kier molecular flexibility index (Phi) is 5.19. The first-order chi connectivity index (χ1) is 15.5. The van der Waals surface area contributed by atoms with Crippen LogP contribution < -0.4 is 5.32 Å². The zero-order valence-corrected chi connectivity index (χ0v) is 17.7. The summed E-state index contributed by atoms with van der Waals surface area (Å²) >= 11 is 0. The maximum Gasteiger partial charge on any atom is 0.417 e. The second-order valence-corrected chi connectivity index (χ2v) is 8.19. The number of nitrogens with zero attached hydrogens (tertiary/aromatic N) is 3. The molecule has 2 aromatic carbocycles. The number of aromatic nitrogens is 2. The van der Waals surface area contributed by atoms with Crippen LogP contribution in [0.3, 0.4) is 0 Å². The number of hydrogen-bond donors (Lipinski definition) is 1. The van der Waals surface area contributed by atoms with Gasteiger partial charge in [-0.25, -0.2) is 9.97 Å². The van der Waals surface area contributed by atoms with Crippen LogP contribution in [0.4, 0.5) is 19.0 Å². The van der Waals surface area contributed by atoms with E-state index in [1.54, 1.807) is 6.07 Å². The Bertz CT molecular complexity index is 1200. The topological polar surface area (TPSA) is 50.2 Å². The number of aryl methyl sites for hydroxylation is 1. The van der Waals surface area contributed by atoms with Crippen molar-refractivity contribution in [3.63, 3.8) is 0 Å². The molecule has 1 aliphatic carbocycles. The quantitative estimate of drug-likeness (QED) is 0.519. The molecular weight excluding hydrogens is 413 g/mol. The van der Waals surface area contributed by atoms with Crippen LogP contribution in [0, 0.1) is 0 Å². The number of alkyl halides is 3. The lowest BCUT2D eigenvalue weighted by Crippen LogP contribution is -2.19. The molecule has 5 rings (SSSR count). The lowest BCUT2D eigenvalue weighted by atomic mass is 9.95. The fourth-order valence-corrected chi connectivity index (χ4v) is 4.56. The molecule has 164 valence electrons. The maximum absolute atomic E-state index is 13.7. The minimum Gasteiger partial charge on any atom is -0.324 e. The van der Waals surface area contributed by atoms with Gasteiger partial charge >= 0.3 is 6.18 Å². The Balaban J connectivity index is 1.62. The highest BCUT2D eigenvalue weighted by Crippen LogP contribution is 2.38. The zero-order valence-electron chi connectivity index (χ0n) is 17.7. The molecule has 4 nitrogen and oxygen atoms in total. The molecule has 0 radical (unpaired) electrons. The molecule has 1 aromatic heterocycles. The molecule has 0 spiro atoms. The second-order valence-electron chi connectivity index (χ2n) is 8.19. The maximum atomic E-state index is 13.7. The van der Waals surface area contributed by atoms with Crippen LogP contribution in [0.1, 0.15) is 60.2 Å². The fourth-order valence-electron chi connectivity index (χ4n) is 4.56. The highest BCUT2D eigenvalue weighted by atomic mass is 19.4. The molecule has 0 bridgehead atoms. The number of aliphatic imine (C=N–C) groups is 1. The molecule has 0 amide bonds. The van der Waals surface area contributed by atoms with Gasteiger partial charge in [0.2, 0.25) is 0 Å². The fraction of sp³-hybridized carbons (Fsp3) is 0.320. The van der Waals surface area contributed by atoms with Gasteiger partial charge in [-0.1, -0.05) is 49.4 Å². The molecule has 32 heavy (non-hydrogen) atoms. The lowest BCUT2D eigenvalue weighted by molar-refractivity contribution is -0.137. The van der Waals surface area contributed by atoms with E-state index >= 15 is 0 Å². The van der Waals surface area contributed by atoms with Crippen molar-refractivity contribution in [1.29, 1.82) is 0 Å². The Labute approximate surface area is 184 Å². The molecule has 7 heteroatoms. The van der Waals surface area contributed by atoms with E-state index in [1.807, 2.05) is 18.2 Å². The zero-order chi connectivity index (χ0) is 22.3. The van der Waals surface area contributed by atoms with E-state index in [1.165, 1.54) is 12.1 Å². The van der Waals surface area contributed by atoms with Crippen LogP contribution in [-0.2, 0) is 19.0 Å². The monoisotopic (exact) mass is 436 g/mol. The van der Waals surface area contributed by atoms with Crippen LogP contribution in [-0.4, -0.2) is 15.8 Å². The summed E-state index contributed by atoms with van der Waals surface area (Å²) in [4.78, 5) is 14.0. The Morgan fingerprint density at radius 2 is 1.66 bits per heavy atom. The lowest BCUT2D eigenvalue weighted by Gasteiger charge is -2.21. The smallest absolute Gasteiger partial charge is 0.324 e. The van der Waals surface area contributed by atoms with Crippen molar-refractivity contribution in [1.82, 2.24) is 9.97 Å². The summed E-state index contributed by atoms with van der Waals surface area (Å²) in [5.74, 6) is 1.38. The van der Waals surface area contributed by atoms with Gasteiger partial charge in [0.1, 0.15) is 11.7 Å². The first-order valence-electron chi connectivity index (χ1n) is 11.0. The third-order valence-electron chi connectivity index (χ3n) is 6.14.